The SMILES string of the molecule is COc1ccc(O)c(CC2=N[C@H](C(=O)O)CS2)c1. The fraction of sp³-hybridized carbons (Fsp3) is 0.333. The van der Waals surface area contributed by atoms with Crippen LogP contribution in [-0.2, 0) is 11.2 Å². The van der Waals surface area contributed by atoms with Crippen LogP contribution in [0.2, 0.25) is 0 Å². The summed E-state index contributed by atoms with van der Waals surface area (Å²) in [6.07, 6.45) is 0.428. The van der Waals surface area contributed by atoms with E-state index in [1.807, 2.05) is 0 Å². The molecule has 0 spiro atoms. The predicted molar refractivity (Wildman–Crippen MR) is 69.7 cm³/mol. The molecule has 1 atom stereocenters. The van der Waals surface area contributed by atoms with Gasteiger partial charge in [-0.05, 0) is 18.2 Å². The van der Waals surface area contributed by atoms with E-state index < -0.39 is 12.0 Å². The average molecular weight is 267 g/mol. The number of aromatic hydroxyl groups is 1. The summed E-state index contributed by atoms with van der Waals surface area (Å²) >= 11 is 1.41. The van der Waals surface area contributed by atoms with Crippen LogP contribution in [0, 0.1) is 0 Å². The van der Waals surface area contributed by atoms with Crippen molar-refractivity contribution in [3.8, 4) is 11.5 Å². The molecule has 2 N–H and O–H groups in total. The summed E-state index contributed by atoms with van der Waals surface area (Å²) in [5.74, 6) is 0.362. The normalized spacial score (nSPS) is 18.5. The van der Waals surface area contributed by atoms with Crippen molar-refractivity contribution in [1.29, 1.82) is 0 Å². The first-order chi connectivity index (χ1) is 8.60. The molecule has 1 aromatic carbocycles. The van der Waals surface area contributed by atoms with Crippen LogP contribution >= 0.6 is 11.8 Å². The molecule has 1 aliphatic rings. The lowest BCUT2D eigenvalue weighted by Gasteiger charge is -2.06. The summed E-state index contributed by atoms with van der Waals surface area (Å²) in [4.78, 5) is 14.9. The lowest BCUT2D eigenvalue weighted by Crippen LogP contribution is -2.17. The predicted octanol–water partition coefficient (Wildman–Crippen LogP) is 1.54. The minimum atomic E-state index is -0.910. The summed E-state index contributed by atoms with van der Waals surface area (Å²) in [5.41, 5.74) is 0.687. The Balaban J connectivity index is 2.15. The van der Waals surface area contributed by atoms with E-state index in [1.165, 1.54) is 11.8 Å². The Kier molecular flexibility index (Phi) is 3.76. The van der Waals surface area contributed by atoms with Gasteiger partial charge in [0.1, 0.15) is 11.5 Å². The number of phenols is 1. The number of methoxy groups -OCH3 is 1. The number of benzene rings is 1. The molecule has 96 valence electrons. The quantitative estimate of drug-likeness (QED) is 0.865. The minimum Gasteiger partial charge on any atom is -0.508 e. The van der Waals surface area contributed by atoms with E-state index in [0.717, 1.165) is 5.04 Å². The molecule has 18 heavy (non-hydrogen) atoms. The Labute approximate surface area is 108 Å². The van der Waals surface area contributed by atoms with E-state index in [1.54, 1.807) is 25.3 Å². The Morgan fingerprint density at radius 2 is 2.39 bits per heavy atom. The van der Waals surface area contributed by atoms with Crippen LogP contribution in [0.15, 0.2) is 23.2 Å². The van der Waals surface area contributed by atoms with Crippen molar-refractivity contribution in [1.82, 2.24) is 0 Å². The molecule has 0 aromatic heterocycles. The monoisotopic (exact) mass is 267 g/mol. The fourth-order valence-electron chi connectivity index (χ4n) is 1.64. The number of phenolic OH excluding ortho intramolecular Hbond substituents is 1. The fourth-order valence-corrected chi connectivity index (χ4v) is 2.67. The van der Waals surface area contributed by atoms with Crippen molar-refractivity contribution >= 4 is 22.8 Å². The van der Waals surface area contributed by atoms with Crippen molar-refractivity contribution in [2.24, 2.45) is 4.99 Å². The molecule has 0 aliphatic carbocycles. The Hall–Kier alpha value is -1.69. The van der Waals surface area contributed by atoms with Crippen molar-refractivity contribution < 1.29 is 19.7 Å². The molecular weight excluding hydrogens is 254 g/mol. The van der Waals surface area contributed by atoms with Crippen LogP contribution in [-0.4, -0.2) is 40.1 Å². The number of hydrogen-bond donors (Lipinski definition) is 2. The Bertz CT molecular complexity index is 501. The Morgan fingerprint density at radius 3 is 3.00 bits per heavy atom. The number of rotatable bonds is 4. The van der Waals surface area contributed by atoms with E-state index >= 15 is 0 Å². The highest BCUT2D eigenvalue weighted by atomic mass is 32.2. The summed E-state index contributed by atoms with van der Waals surface area (Å²) in [6, 6.07) is 4.29. The van der Waals surface area contributed by atoms with Gasteiger partial charge < -0.3 is 14.9 Å². The second-order valence-electron chi connectivity index (χ2n) is 3.86. The van der Waals surface area contributed by atoms with Crippen molar-refractivity contribution in [3.63, 3.8) is 0 Å². The van der Waals surface area contributed by atoms with E-state index in [9.17, 15) is 9.90 Å². The van der Waals surface area contributed by atoms with Crippen LogP contribution < -0.4 is 4.74 Å². The van der Waals surface area contributed by atoms with E-state index in [-0.39, 0.29) is 5.75 Å². The molecule has 1 aromatic rings. The molecule has 2 rings (SSSR count). The number of ether oxygens (including phenoxy) is 1. The summed E-state index contributed by atoms with van der Waals surface area (Å²) in [7, 11) is 1.55. The largest absolute Gasteiger partial charge is 0.508 e. The molecule has 1 aliphatic heterocycles. The van der Waals surface area contributed by atoms with E-state index in [0.29, 0.717) is 23.5 Å². The summed E-state index contributed by atoms with van der Waals surface area (Å²) < 4.78 is 5.08. The molecule has 5 nitrogen and oxygen atoms in total. The van der Waals surface area contributed by atoms with E-state index in [2.05, 4.69) is 4.99 Å². The molecule has 6 heteroatoms. The zero-order valence-corrected chi connectivity index (χ0v) is 10.6. The number of aliphatic imine (C=N–C) groups is 1. The molecular formula is C12H13NO4S. The Morgan fingerprint density at radius 1 is 1.61 bits per heavy atom. The first kappa shape index (κ1) is 12.8. The number of carboxylic acids is 1. The third-order valence-electron chi connectivity index (χ3n) is 2.62. The van der Waals surface area contributed by atoms with Gasteiger partial charge in [-0.15, -0.1) is 11.8 Å². The van der Waals surface area contributed by atoms with Gasteiger partial charge in [0.25, 0.3) is 0 Å². The molecule has 0 saturated carbocycles. The molecule has 0 fully saturated rings. The summed E-state index contributed by atoms with van der Waals surface area (Å²) in [6.45, 7) is 0. The standard InChI is InChI=1S/C12H13NO4S/c1-17-8-2-3-10(14)7(4-8)5-11-13-9(6-18-11)12(15)16/h2-4,9,14H,5-6H2,1H3,(H,15,16)/t9-/m0/s1. The molecule has 0 radical (unpaired) electrons. The number of thioether (sulfide) groups is 1. The number of aliphatic carboxylic acids is 1. The van der Waals surface area contributed by atoms with Crippen LogP contribution in [0.25, 0.3) is 0 Å². The van der Waals surface area contributed by atoms with Gasteiger partial charge in [-0.25, -0.2) is 4.79 Å². The maximum atomic E-state index is 10.8. The van der Waals surface area contributed by atoms with Gasteiger partial charge in [0.05, 0.1) is 12.2 Å². The number of carbonyl (C=O) groups is 1. The minimum absolute atomic E-state index is 0.165. The average Bonchev–Trinajstić information content (AvgIpc) is 2.81. The van der Waals surface area contributed by atoms with E-state index in [4.69, 9.17) is 9.84 Å². The number of nitrogens with zero attached hydrogens (tertiary/aromatic N) is 1. The van der Waals surface area contributed by atoms with Gasteiger partial charge in [0.2, 0.25) is 0 Å². The van der Waals surface area contributed by atoms with Gasteiger partial charge >= 0.3 is 5.97 Å². The van der Waals surface area contributed by atoms with Crippen LogP contribution in [0.3, 0.4) is 0 Å². The highest BCUT2D eigenvalue weighted by Crippen LogP contribution is 2.27. The third kappa shape index (κ3) is 2.76. The first-order valence-corrected chi connectivity index (χ1v) is 6.37. The van der Waals surface area contributed by atoms with Crippen LogP contribution in [0.5, 0.6) is 11.5 Å². The van der Waals surface area contributed by atoms with Gasteiger partial charge in [0, 0.05) is 17.7 Å². The third-order valence-corrected chi connectivity index (χ3v) is 3.69. The lowest BCUT2D eigenvalue weighted by molar-refractivity contribution is -0.137. The van der Waals surface area contributed by atoms with Crippen molar-refractivity contribution in [3.05, 3.63) is 23.8 Å². The lowest BCUT2D eigenvalue weighted by atomic mass is 10.1. The molecule has 0 unspecified atom stereocenters. The van der Waals surface area contributed by atoms with Gasteiger partial charge in [-0.2, -0.15) is 0 Å². The zero-order chi connectivity index (χ0) is 13.1. The second kappa shape index (κ2) is 5.30. The first-order valence-electron chi connectivity index (χ1n) is 5.38. The van der Waals surface area contributed by atoms with Crippen LogP contribution in [0.1, 0.15) is 5.56 Å². The molecule has 1 heterocycles. The highest BCUT2D eigenvalue weighted by molar-refractivity contribution is 8.14. The van der Waals surface area contributed by atoms with Crippen molar-refractivity contribution in [2.75, 3.05) is 12.9 Å². The smallest absolute Gasteiger partial charge is 0.329 e. The molecule has 0 bridgehead atoms. The number of carboxylic acid groups (broad SMARTS) is 1. The van der Waals surface area contributed by atoms with Gasteiger partial charge in [-0.1, -0.05) is 0 Å². The maximum absolute atomic E-state index is 10.8. The van der Waals surface area contributed by atoms with Crippen LogP contribution in [0.4, 0.5) is 0 Å². The highest BCUT2D eigenvalue weighted by Gasteiger charge is 2.24. The topological polar surface area (TPSA) is 79.1 Å². The van der Waals surface area contributed by atoms with Gasteiger partial charge in [0.15, 0.2) is 6.04 Å². The van der Waals surface area contributed by atoms with Crippen molar-refractivity contribution in [2.45, 2.75) is 12.5 Å². The zero-order valence-electron chi connectivity index (χ0n) is 9.79. The maximum Gasteiger partial charge on any atom is 0.329 e. The van der Waals surface area contributed by atoms with Gasteiger partial charge in [-0.3, -0.25) is 4.99 Å². The number of hydrogen-bond acceptors (Lipinski definition) is 5. The second-order valence-corrected chi connectivity index (χ2v) is 4.95. The molecule has 0 saturated heterocycles. The molecule has 0 amide bonds. The summed E-state index contributed by atoms with van der Waals surface area (Å²) in [5, 5.41) is 19.3.